The molecular weight excluding hydrogens is 356 g/mol. The van der Waals surface area contributed by atoms with Gasteiger partial charge in [-0.2, -0.15) is 0 Å². The molecule has 0 saturated carbocycles. The van der Waals surface area contributed by atoms with Gasteiger partial charge in [0.25, 0.3) is 0 Å². The molecule has 0 radical (unpaired) electrons. The standard InChI is InChI=1S/C22H34N2O4/c1-17(2)16-20(22(26)24-12-14-28-15-13-24)23-21(25)7-5-4-6-18-8-10-19(27-3)11-9-18/h8-11,17,20H,4-7,12-16H2,1-3H3,(H,23,25)/t20-/m0/s1. The third-order valence-corrected chi connectivity index (χ3v) is 4.94. The molecule has 1 aliphatic heterocycles. The fourth-order valence-corrected chi connectivity index (χ4v) is 3.37. The molecule has 1 atom stereocenters. The molecule has 1 aliphatic rings. The zero-order chi connectivity index (χ0) is 20.4. The molecule has 0 bridgehead atoms. The quantitative estimate of drug-likeness (QED) is 0.624. The van der Waals surface area contributed by atoms with E-state index in [1.54, 1.807) is 12.0 Å². The van der Waals surface area contributed by atoms with Gasteiger partial charge in [-0.05, 0) is 49.3 Å². The number of hydrogen-bond donors (Lipinski definition) is 1. The van der Waals surface area contributed by atoms with Gasteiger partial charge >= 0.3 is 0 Å². The molecule has 1 aromatic carbocycles. The summed E-state index contributed by atoms with van der Waals surface area (Å²) in [7, 11) is 1.66. The van der Waals surface area contributed by atoms with E-state index in [1.165, 1.54) is 5.56 Å². The Labute approximate surface area is 168 Å². The maximum atomic E-state index is 12.8. The van der Waals surface area contributed by atoms with Gasteiger partial charge in [0.05, 0.1) is 20.3 Å². The highest BCUT2D eigenvalue weighted by molar-refractivity contribution is 5.87. The number of amides is 2. The Morgan fingerprint density at radius 3 is 2.43 bits per heavy atom. The van der Waals surface area contributed by atoms with E-state index in [1.807, 2.05) is 12.1 Å². The third kappa shape index (κ3) is 7.50. The first-order valence-corrected chi connectivity index (χ1v) is 10.3. The maximum absolute atomic E-state index is 12.8. The van der Waals surface area contributed by atoms with E-state index in [4.69, 9.17) is 9.47 Å². The van der Waals surface area contributed by atoms with Crippen LogP contribution in [0.3, 0.4) is 0 Å². The lowest BCUT2D eigenvalue weighted by Gasteiger charge is -2.31. The van der Waals surface area contributed by atoms with Crippen molar-refractivity contribution in [3.63, 3.8) is 0 Å². The zero-order valence-corrected chi connectivity index (χ0v) is 17.4. The predicted molar refractivity (Wildman–Crippen MR) is 109 cm³/mol. The van der Waals surface area contributed by atoms with Crippen LogP contribution in [0.25, 0.3) is 0 Å². The van der Waals surface area contributed by atoms with Crippen molar-refractivity contribution < 1.29 is 19.1 Å². The Bertz CT molecular complexity index is 609. The summed E-state index contributed by atoms with van der Waals surface area (Å²) in [5, 5.41) is 2.97. The van der Waals surface area contributed by atoms with Crippen LogP contribution < -0.4 is 10.1 Å². The normalized spacial score (nSPS) is 15.4. The first kappa shape index (κ1) is 22.2. The first-order valence-electron chi connectivity index (χ1n) is 10.3. The number of ether oxygens (including phenoxy) is 2. The minimum atomic E-state index is -0.438. The molecule has 2 amide bonds. The van der Waals surface area contributed by atoms with E-state index < -0.39 is 6.04 Å². The van der Waals surface area contributed by atoms with Crippen molar-refractivity contribution in [3.05, 3.63) is 29.8 Å². The minimum Gasteiger partial charge on any atom is -0.497 e. The molecule has 28 heavy (non-hydrogen) atoms. The monoisotopic (exact) mass is 390 g/mol. The van der Waals surface area contributed by atoms with Gasteiger partial charge in [-0.15, -0.1) is 0 Å². The van der Waals surface area contributed by atoms with Gasteiger partial charge in [0, 0.05) is 19.5 Å². The van der Waals surface area contributed by atoms with Gasteiger partial charge in [0.15, 0.2) is 0 Å². The van der Waals surface area contributed by atoms with Crippen LogP contribution in [0.1, 0.15) is 45.1 Å². The van der Waals surface area contributed by atoms with E-state index in [9.17, 15) is 9.59 Å². The van der Waals surface area contributed by atoms with E-state index in [0.29, 0.717) is 45.1 Å². The molecule has 0 aromatic heterocycles. The van der Waals surface area contributed by atoms with E-state index in [-0.39, 0.29) is 11.8 Å². The van der Waals surface area contributed by atoms with Crippen LogP contribution >= 0.6 is 0 Å². The summed E-state index contributed by atoms with van der Waals surface area (Å²) >= 11 is 0. The largest absolute Gasteiger partial charge is 0.497 e. The molecule has 0 aliphatic carbocycles. The van der Waals surface area contributed by atoms with Gasteiger partial charge in [-0.3, -0.25) is 9.59 Å². The Hall–Kier alpha value is -2.08. The van der Waals surface area contributed by atoms with Crippen LogP contribution in [0.15, 0.2) is 24.3 Å². The van der Waals surface area contributed by atoms with Crippen LogP contribution in [-0.4, -0.2) is 56.2 Å². The second-order valence-corrected chi connectivity index (χ2v) is 7.74. The fraction of sp³-hybridized carbons (Fsp3) is 0.636. The van der Waals surface area contributed by atoms with Crippen molar-refractivity contribution >= 4 is 11.8 Å². The summed E-state index contributed by atoms with van der Waals surface area (Å²) in [6, 6.07) is 7.58. The number of methoxy groups -OCH3 is 1. The second kappa shape index (κ2) is 11.7. The molecule has 1 saturated heterocycles. The SMILES string of the molecule is COc1ccc(CCCCC(=O)N[C@@H](CC(C)C)C(=O)N2CCOCC2)cc1. The average molecular weight is 391 g/mol. The molecular formula is C22H34N2O4. The average Bonchev–Trinajstić information content (AvgIpc) is 2.71. The number of nitrogens with one attached hydrogen (secondary N) is 1. The molecule has 6 heteroatoms. The molecule has 1 heterocycles. The van der Waals surface area contributed by atoms with E-state index >= 15 is 0 Å². The summed E-state index contributed by atoms with van der Waals surface area (Å²) < 4.78 is 10.5. The number of morpholine rings is 1. The van der Waals surface area contributed by atoms with Gasteiger partial charge < -0.3 is 19.7 Å². The topological polar surface area (TPSA) is 67.9 Å². The number of carbonyl (C=O) groups excluding carboxylic acids is 2. The number of hydrogen-bond acceptors (Lipinski definition) is 4. The van der Waals surface area contributed by atoms with Gasteiger partial charge in [0.1, 0.15) is 11.8 Å². The van der Waals surface area contributed by atoms with Crippen molar-refractivity contribution in [3.8, 4) is 5.75 Å². The van der Waals surface area contributed by atoms with Crippen molar-refractivity contribution in [2.24, 2.45) is 5.92 Å². The molecule has 1 N–H and O–H groups in total. The molecule has 0 unspecified atom stereocenters. The van der Waals surface area contributed by atoms with Gasteiger partial charge in [0.2, 0.25) is 11.8 Å². The summed E-state index contributed by atoms with van der Waals surface area (Å²) in [4.78, 5) is 27.0. The zero-order valence-electron chi connectivity index (χ0n) is 17.4. The molecule has 1 fully saturated rings. The summed E-state index contributed by atoms with van der Waals surface area (Å²) in [6.07, 6.45) is 3.78. The van der Waals surface area contributed by atoms with Crippen molar-refractivity contribution in [2.75, 3.05) is 33.4 Å². The highest BCUT2D eigenvalue weighted by Gasteiger charge is 2.27. The first-order chi connectivity index (χ1) is 13.5. The van der Waals surface area contributed by atoms with Crippen molar-refractivity contribution in [1.29, 1.82) is 0 Å². The van der Waals surface area contributed by atoms with Crippen LogP contribution in [-0.2, 0) is 20.7 Å². The Balaban J connectivity index is 1.75. The Morgan fingerprint density at radius 1 is 1.14 bits per heavy atom. The second-order valence-electron chi connectivity index (χ2n) is 7.74. The number of aryl methyl sites for hydroxylation is 1. The van der Waals surface area contributed by atoms with E-state index in [0.717, 1.165) is 25.0 Å². The lowest BCUT2D eigenvalue weighted by atomic mass is 10.0. The molecule has 156 valence electrons. The fourth-order valence-electron chi connectivity index (χ4n) is 3.37. The van der Waals surface area contributed by atoms with Crippen LogP contribution in [0.2, 0.25) is 0 Å². The van der Waals surface area contributed by atoms with Crippen LogP contribution in [0.5, 0.6) is 5.75 Å². The van der Waals surface area contributed by atoms with Crippen LogP contribution in [0.4, 0.5) is 0 Å². The van der Waals surface area contributed by atoms with Gasteiger partial charge in [-0.25, -0.2) is 0 Å². The van der Waals surface area contributed by atoms with Crippen molar-refractivity contribution in [1.82, 2.24) is 10.2 Å². The van der Waals surface area contributed by atoms with Crippen molar-refractivity contribution in [2.45, 2.75) is 52.0 Å². The van der Waals surface area contributed by atoms with Crippen LogP contribution in [0, 0.1) is 5.92 Å². The molecule has 0 spiro atoms. The highest BCUT2D eigenvalue weighted by Crippen LogP contribution is 2.14. The van der Waals surface area contributed by atoms with Gasteiger partial charge in [-0.1, -0.05) is 26.0 Å². The number of nitrogens with zero attached hydrogens (tertiary/aromatic N) is 1. The highest BCUT2D eigenvalue weighted by atomic mass is 16.5. The number of unbranched alkanes of at least 4 members (excludes halogenated alkanes) is 1. The summed E-state index contributed by atoms with van der Waals surface area (Å²) in [5.74, 6) is 1.17. The number of carbonyl (C=O) groups is 2. The molecule has 1 aromatic rings. The Morgan fingerprint density at radius 2 is 1.82 bits per heavy atom. The summed E-state index contributed by atoms with van der Waals surface area (Å²) in [6.45, 7) is 6.48. The maximum Gasteiger partial charge on any atom is 0.245 e. The molecule has 6 nitrogen and oxygen atoms in total. The lowest BCUT2D eigenvalue weighted by Crippen LogP contribution is -2.52. The predicted octanol–water partition coefficient (Wildman–Crippen LogP) is 2.80. The smallest absolute Gasteiger partial charge is 0.245 e. The lowest BCUT2D eigenvalue weighted by molar-refractivity contribution is -0.140. The number of rotatable bonds is 10. The molecule has 2 rings (SSSR count). The minimum absolute atomic E-state index is 0.0172. The number of benzene rings is 1. The van der Waals surface area contributed by atoms with E-state index in [2.05, 4.69) is 31.3 Å². The Kier molecular flexibility index (Phi) is 9.28. The summed E-state index contributed by atoms with van der Waals surface area (Å²) in [5.41, 5.74) is 1.24. The third-order valence-electron chi connectivity index (χ3n) is 4.94.